The first-order chi connectivity index (χ1) is 10.6. The van der Waals surface area contributed by atoms with Gasteiger partial charge >= 0.3 is 0 Å². The van der Waals surface area contributed by atoms with Gasteiger partial charge in [-0.1, -0.05) is 48.5 Å². The zero-order chi connectivity index (χ0) is 15.9. The lowest BCUT2D eigenvalue weighted by atomic mass is 10.1. The van der Waals surface area contributed by atoms with Gasteiger partial charge in [0, 0.05) is 5.69 Å². The van der Waals surface area contributed by atoms with Gasteiger partial charge in [-0.15, -0.1) is 0 Å². The van der Waals surface area contributed by atoms with Crippen molar-refractivity contribution >= 4 is 17.5 Å². The van der Waals surface area contributed by atoms with Crippen LogP contribution in [-0.4, -0.2) is 11.8 Å². The van der Waals surface area contributed by atoms with Gasteiger partial charge in [0.25, 0.3) is 0 Å². The summed E-state index contributed by atoms with van der Waals surface area (Å²) in [7, 11) is 0. The predicted molar refractivity (Wildman–Crippen MR) is 87.4 cm³/mol. The molecule has 0 aliphatic carbocycles. The monoisotopic (exact) mass is 296 g/mol. The number of carbonyl (C=O) groups excluding carboxylic acids is 2. The molecule has 0 spiro atoms. The van der Waals surface area contributed by atoms with Gasteiger partial charge in [0.2, 0.25) is 11.8 Å². The molecule has 2 N–H and O–H groups in total. The van der Waals surface area contributed by atoms with Gasteiger partial charge in [-0.25, -0.2) is 0 Å². The molecule has 0 bridgehead atoms. The normalized spacial score (nSPS) is 11.5. The van der Waals surface area contributed by atoms with Gasteiger partial charge < -0.3 is 10.6 Å². The summed E-state index contributed by atoms with van der Waals surface area (Å²) in [5.74, 6) is -0.602. The Kier molecular flexibility index (Phi) is 5.31. The van der Waals surface area contributed by atoms with E-state index in [0.717, 1.165) is 16.8 Å². The highest BCUT2D eigenvalue weighted by Gasteiger charge is 2.13. The third kappa shape index (κ3) is 4.45. The van der Waals surface area contributed by atoms with Crippen molar-refractivity contribution in [3.8, 4) is 0 Å². The number of nitrogens with one attached hydrogen (secondary N) is 2. The van der Waals surface area contributed by atoms with Gasteiger partial charge in [0.05, 0.1) is 6.04 Å². The summed E-state index contributed by atoms with van der Waals surface area (Å²) in [6.45, 7) is 3.81. The quantitative estimate of drug-likeness (QED) is 0.832. The second kappa shape index (κ2) is 7.41. The van der Waals surface area contributed by atoms with E-state index in [-0.39, 0.29) is 24.3 Å². The standard InChI is InChI=1S/C18H20N2O2/c1-13-8-6-7-11-16(13)20-18(22)12-17(21)19-14(2)15-9-4-3-5-10-15/h3-11,14H,12H2,1-2H3,(H,19,21)(H,20,22)/t14-/m1/s1. The molecule has 0 saturated heterocycles. The van der Waals surface area contributed by atoms with Crippen molar-refractivity contribution in [3.63, 3.8) is 0 Å². The van der Waals surface area contributed by atoms with Crippen LogP contribution < -0.4 is 10.6 Å². The highest BCUT2D eigenvalue weighted by Crippen LogP contribution is 2.14. The minimum atomic E-state index is -0.313. The van der Waals surface area contributed by atoms with Crippen LogP contribution in [0.5, 0.6) is 0 Å². The van der Waals surface area contributed by atoms with E-state index in [1.54, 1.807) is 0 Å². The topological polar surface area (TPSA) is 58.2 Å². The van der Waals surface area contributed by atoms with Crippen molar-refractivity contribution in [1.82, 2.24) is 5.32 Å². The molecule has 114 valence electrons. The molecule has 0 radical (unpaired) electrons. The first kappa shape index (κ1) is 15.8. The highest BCUT2D eigenvalue weighted by molar-refractivity contribution is 6.03. The Bertz CT molecular complexity index is 653. The van der Waals surface area contributed by atoms with E-state index in [1.807, 2.05) is 68.4 Å². The Labute approximate surface area is 130 Å². The number of rotatable bonds is 5. The van der Waals surface area contributed by atoms with Gasteiger partial charge in [0.1, 0.15) is 6.42 Å². The molecular weight excluding hydrogens is 276 g/mol. The molecule has 0 aliphatic rings. The smallest absolute Gasteiger partial charge is 0.233 e. The van der Waals surface area contributed by atoms with E-state index in [9.17, 15) is 9.59 Å². The second-order valence-electron chi connectivity index (χ2n) is 5.24. The lowest BCUT2D eigenvalue weighted by Crippen LogP contribution is -2.30. The molecule has 0 unspecified atom stereocenters. The average Bonchev–Trinajstić information content (AvgIpc) is 2.50. The Morgan fingerprint density at radius 2 is 1.59 bits per heavy atom. The molecule has 4 nitrogen and oxygen atoms in total. The molecule has 22 heavy (non-hydrogen) atoms. The van der Waals surface area contributed by atoms with Crippen LogP contribution in [0.4, 0.5) is 5.69 Å². The Hall–Kier alpha value is -2.62. The summed E-state index contributed by atoms with van der Waals surface area (Å²) in [6.07, 6.45) is -0.189. The number of benzene rings is 2. The molecule has 2 amide bonds. The summed E-state index contributed by atoms with van der Waals surface area (Å²) in [5.41, 5.74) is 2.71. The number of hydrogen-bond acceptors (Lipinski definition) is 2. The third-order valence-electron chi connectivity index (χ3n) is 3.42. The molecule has 4 heteroatoms. The van der Waals surface area contributed by atoms with Gasteiger partial charge in [0.15, 0.2) is 0 Å². The summed E-state index contributed by atoms with van der Waals surface area (Å²) in [6, 6.07) is 17.0. The number of anilines is 1. The maximum atomic E-state index is 11.9. The molecule has 0 aromatic heterocycles. The van der Waals surface area contributed by atoms with Crippen molar-refractivity contribution in [3.05, 3.63) is 65.7 Å². The van der Waals surface area contributed by atoms with Crippen LogP contribution in [0.3, 0.4) is 0 Å². The van der Waals surface area contributed by atoms with Gasteiger partial charge in [-0.05, 0) is 31.0 Å². The van der Waals surface area contributed by atoms with Crippen LogP contribution >= 0.6 is 0 Å². The van der Waals surface area contributed by atoms with Crippen LogP contribution in [0.2, 0.25) is 0 Å². The molecule has 2 aromatic rings. The minimum Gasteiger partial charge on any atom is -0.349 e. The fourth-order valence-electron chi connectivity index (χ4n) is 2.17. The molecule has 0 heterocycles. The fraction of sp³-hybridized carbons (Fsp3) is 0.222. The minimum absolute atomic E-state index is 0.125. The van der Waals surface area contributed by atoms with Crippen molar-refractivity contribution in [2.24, 2.45) is 0 Å². The Morgan fingerprint density at radius 1 is 0.955 bits per heavy atom. The average molecular weight is 296 g/mol. The van der Waals surface area contributed by atoms with Gasteiger partial charge in [-0.3, -0.25) is 9.59 Å². The maximum absolute atomic E-state index is 11.9. The first-order valence-electron chi connectivity index (χ1n) is 7.26. The van der Waals surface area contributed by atoms with E-state index >= 15 is 0 Å². The van der Waals surface area contributed by atoms with Crippen LogP contribution in [-0.2, 0) is 9.59 Å². The molecule has 1 atom stereocenters. The largest absolute Gasteiger partial charge is 0.349 e. The fourth-order valence-corrected chi connectivity index (χ4v) is 2.17. The lowest BCUT2D eigenvalue weighted by Gasteiger charge is -2.14. The number of amides is 2. The summed E-state index contributed by atoms with van der Waals surface area (Å²) in [4.78, 5) is 23.9. The van der Waals surface area contributed by atoms with Crippen LogP contribution in [0.15, 0.2) is 54.6 Å². The van der Waals surface area contributed by atoms with Crippen molar-refractivity contribution in [2.45, 2.75) is 26.3 Å². The number of hydrogen-bond donors (Lipinski definition) is 2. The Morgan fingerprint density at radius 3 is 2.27 bits per heavy atom. The molecule has 2 aromatic carbocycles. The van der Waals surface area contributed by atoms with Crippen molar-refractivity contribution < 1.29 is 9.59 Å². The maximum Gasteiger partial charge on any atom is 0.233 e. The summed E-state index contributed by atoms with van der Waals surface area (Å²) in [5, 5.41) is 5.58. The van der Waals surface area contributed by atoms with E-state index in [1.165, 1.54) is 0 Å². The van der Waals surface area contributed by atoms with Gasteiger partial charge in [-0.2, -0.15) is 0 Å². The zero-order valence-electron chi connectivity index (χ0n) is 12.8. The van der Waals surface area contributed by atoms with Crippen molar-refractivity contribution in [1.29, 1.82) is 0 Å². The van der Waals surface area contributed by atoms with E-state index in [4.69, 9.17) is 0 Å². The summed E-state index contributed by atoms with van der Waals surface area (Å²) >= 11 is 0. The number of para-hydroxylation sites is 1. The van der Waals surface area contributed by atoms with Crippen molar-refractivity contribution in [2.75, 3.05) is 5.32 Å². The number of aryl methyl sites for hydroxylation is 1. The van der Waals surface area contributed by atoms with Crippen LogP contribution in [0.25, 0.3) is 0 Å². The van der Waals surface area contributed by atoms with E-state index < -0.39 is 0 Å². The molecule has 0 saturated carbocycles. The number of carbonyl (C=O) groups is 2. The third-order valence-corrected chi connectivity index (χ3v) is 3.42. The lowest BCUT2D eigenvalue weighted by molar-refractivity contribution is -0.127. The summed E-state index contributed by atoms with van der Waals surface area (Å²) < 4.78 is 0. The Balaban J connectivity index is 1.87. The van der Waals surface area contributed by atoms with Crippen LogP contribution in [0, 0.1) is 6.92 Å². The first-order valence-corrected chi connectivity index (χ1v) is 7.26. The molecule has 0 aliphatic heterocycles. The molecular formula is C18H20N2O2. The van der Waals surface area contributed by atoms with E-state index in [0.29, 0.717) is 0 Å². The second-order valence-corrected chi connectivity index (χ2v) is 5.24. The molecule has 2 rings (SSSR count). The SMILES string of the molecule is Cc1ccccc1NC(=O)CC(=O)N[C@H](C)c1ccccc1. The van der Waals surface area contributed by atoms with Crippen LogP contribution in [0.1, 0.15) is 30.5 Å². The zero-order valence-corrected chi connectivity index (χ0v) is 12.8. The predicted octanol–water partition coefficient (Wildman–Crippen LogP) is 3.20. The van der Waals surface area contributed by atoms with E-state index in [2.05, 4.69) is 10.6 Å². The molecule has 0 fully saturated rings. The highest BCUT2D eigenvalue weighted by atomic mass is 16.2.